The van der Waals surface area contributed by atoms with Gasteiger partial charge in [0.15, 0.2) is 0 Å². The molecular weight excluding hydrogens is 238 g/mol. The molecule has 104 valence electrons. The molecule has 2 rings (SSSR count). The van der Waals surface area contributed by atoms with Crippen molar-refractivity contribution in [1.82, 2.24) is 9.55 Å². The van der Waals surface area contributed by atoms with Gasteiger partial charge in [-0.25, -0.2) is 4.98 Å². The smallest absolute Gasteiger partial charge is 0.201 e. The first-order valence-electron chi connectivity index (χ1n) is 6.88. The van der Waals surface area contributed by atoms with Crippen molar-refractivity contribution in [3.8, 4) is 0 Å². The molecule has 2 aromatic rings. The summed E-state index contributed by atoms with van der Waals surface area (Å²) in [5.74, 6) is 1.17. The number of anilines is 1. The number of benzene rings is 1. The Labute approximate surface area is 114 Å². The maximum absolute atomic E-state index is 5.98. The molecule has 1 aromatic carbocycles. The van der Waals surface area contributed by atoms with Gasteiger partial charge in [0, 0.05) is 19.8 Å². The van der Waals surface area contributed by atoms with Crippen LogP contribution in [-0.4, -0.2) is 22.8 Å². The molecule has 1 heterocycles. The lowest BCUT2D eigenvalue weighted by Crippen LogP contribution is -2.08. The van der Waals surface area contributed by atoms with Crippen LogP contribution in [0.1, 0.15) is 25.8 Å². The summed E-state index contributed by atoms with van der Waals surface area (Å²) in [7, 11) is 0. The summed E-state index contributed by atoms with van der Waals surface area (Å²) < 4.78 is 7.66. The Morgan fingerprint density at radius 2 is 2.16 bits per heavy atom. The van der Waals surface area contributed by atoms with Crippen LogP contribution in [-0.2, 0) is 11.3 Å². The van der Waals surface area contributed by atoms with Crippen molar-refractivity contribution in [2.24, 2.45) is 5.92 Å². The zero-order valence-electron chi connectivity index (χ0n) is 12.0. The minimum absolute atomic E-state index is 0.585. The van der Waals surface area contributed by atoms with Gasteiger partial charge in [-0.2, -0.15) is 0 Å². The zero-order chi connectivity index (χ0) is 13.8. The van der Waals surface area contributed by atoms with E-state index in [2.05, 4.69) is 42.5 Å². The van der Waals surface area contributed by atoms with Gasteiger partial charge in [-0.1, -0.05) is 19.9 Å². The highest BCUT2D eigenvalue weighted by Crippen LogP contribution is 2.19. The summed E-state index contributed by atoms with van der Waals surface area (Å²) in [6, 6.07) is 6.21. The first-order valence-corrected chi connectivity index (χ1v) is 6.88. The van der Waals surface area contributed by atoms with Crippen LogP contribution in [0.4, 0.5) is 5.95 Å². The van der Waals surface area contributed by atoms with E-state index in [-0.39, 0.29) is 0 Å². The second-order valence-corrected chi connectivity index (χ2v) is 5.44. The topological polar surface area (TPSA) is 53.1 Å². The lowest BCUT2D eigenvalue weighted by atomic mass is 10.2. The molecule has 0 amide bonds. The molecule has 0 aliphatic heterocycles. The summed E-state index contributed by atoms with van der Waals surface area (Å²) >= 11 is 0. The Hall–Kier alpha value is -1.55. The highest BCUT2D eigenvalue weighted by atomic mass is 16.5. The average molecular weight is 261 g/mol. The van der Waals surface area contributed by atoms with E-state index in [4.69, 9.17) is 10.5 Å². The fraction of sp³-hybridized carbons (Fsp3) is 0.533. The fourth-order valence-corrected chi connectivity index (χ4v) is 2.13. The van der Waals surface area contributed by atoms with E-state index in [0.717, 1.165) is 37.2 Å². The normalized spacial score (nSPS) is 11.6. The van der Waals surface area contributed by atoms with Crippen LogP contribution in [0.15, 0.2) is 18.2 Å². The van der Waals surface area contributed by atoms with Gasteiger partial charge in [-0.3, -0.25) is 0 Å². The number of hydrogen-bond acceptors (Lipinski definition) is 3. The first-order chi connectivity index (χ1) is 9.08. The molecule has 2 N–H and O–H groups in total. The number of rotatable bonds is 6. The van der Waals surface area contributed by atoms with Crippen molar-refractivity contribution >= 4 is 17.0 Å². The van der Waals surface area contributed by atoms with E-state index in [1.807, 2.05) is 6.07 Å². The van der Waals surface area contributed by atoms with Crippen molar-refractivity contribution in [3.63, 3.8) is 0 Å². The third-order valence-electron chi connectivity index (χ3n) is 3.05. The molecule has 1 aromatic heterocycles. The number of fused-ring (bicyclic) bond motifs is 1. The maximum Gasteiger partial charge on any atom is 0.201 e. The number of nitrogens with zero attached hydrogens (tertiary/aromatic N) is 2. The summed E-state index contributed by atoms with van der Waals surface area (Å²) in [5.41, 5.74) is 9.28. The number of nitrogen functional groups attached to an aromatic ring is 1. The minimum atomic E-state index is 0.585. The molecule has 0 fully saturated rings. The van der Waals surface area contributed by atoms with Crippen LogP contribution in [0.5, 0.6) is 0 Å². The molecule has 0 radical (unpaired) electrons. The highest BCUT2D eigenvalue weighted by molar-refractivity contribution is 5.79. The Balaban J connectivity index is 2.00. The van der Waals surface area contributed by atoms with Crippen LogP contribution < -0.4 is 5.73 Å². The summed E-state index contributed by atoms with van der Waals surface area (Å²) in [5, 5.41) is 0. The number of hydrogen-bond donors (Lipinski definition) is 1. The predicted octanol–water partition coefficient (Wildman–Crippen LogP) is 2.99. The van der Waals surface area contributed by atoms with Crippen LogP contribution in [0.25, 0.3) is 11.0 Å². The molecule has 0 bridgehead atoms. The predicted molar refractivity (Wildman–Crippen MR) is 79.2 cm³/mol. The molecule has 4 heteroatoms. The van der Waals surface area contributed by atoms with Gasteiger partial charge in [-0.05, 0) is 37.0 Å². The van der Waals surface area contributed by atoms with Crippen LogP contribution in [0.3, 0.4) is 0 Å². The van der Waals surface area contributed by atoms with E-state index in [0.29, 0.717) is 11.9 Å². The molecule has 0 aliphatic carbocycles. The lowest BCUT2D eigenvalue weighted by molar-refractivity contribution is 0.105. The van der Waals surface area contributed by atoms with E-state index in [1.54, 1.807) is 0 Å². The quantitative estimate of drug-likeness (QED) is 0.813. The van der Waals surface area contributed by atoms with Gasteiger partial charge >= 0.3 is 0 Å². The van der Waals surface area contributed by atoms with Crippen molar-refractivity contribution in [1.29, 1.82) is 0 Å². The molecule has 0 atom stereocenters. The molecule has 0 saturated carbocycles. The number of imidazole rings is 1. The van der Waals surface area contributed by atoms with Crippen LogP contribution >= 0.6 is 0 Å². The van der Waals surface area contributed by atoms with Crippen molar-refractivity contribution < 1.29 is 4.74 Å². The monoisotopic (exact) mass is 261 g/mol. The van der Waals surface area contributed by atoms with Gasteiger partial charge in [0.1, 0.15) is 0 Å². The Morgan fingerprint density at radius 1 is 1.37 bits per heavy atom. The van der Waals surface area contributed by atoms with Crippen LogP contribution in [0.2, 0.25) is 0 Å². The van der Waals surface area contributed by atoms with E-state index in [9.17, 15) is 0 Å². The minimum Gasteiger partial charge on any atom is -0.381 e. The van der Waals surface area contributed by atoms with Gasteiger partial charge in [0.25, 0.3) is 0 Å². The molecule has 0 saturated heterocycles. The Morgan fingerprint density at radius 3 is 2.89 bits per heavy atom. The van der Waals surface area contributed by atoms with Gasteiger partial charge in [-0.15, -0.1) is 0 Å². The zero-order valence-corrected chi connectivity index (χ0v) is 12.0. The Kier molecular flexibility index (Phi) is 4.43. The second kappa shape index (κ2) is 6.06. The molecule has 0 aliphatic rings. The first kappa shape index (κ1) is 13.9. The number of ether oxygens (including phenoxy) is 1. The fourth-order valence-electron chi connectivity index (χ4n) is 2.13. The average Bonchev–Trinajstić information content (AvgIpc) is 2.65. The van der Waals surface area contributed by atoms with Crippen LogP contribution in [0, 0.1) is 12.8 Å². The van der Waals surface area contributed by atoms with Crippen molar-refractivity contribution in [2.45, 2.75) is 33.7 Å². The van der Waals surface area contributed by atoms with E-state index >= 15 is 0 Å². The number of aromatic nitrogens is 2. The van der Waals surface area contributed by atoms with E-state index < -0.39 is 0 Å². The van der Waals surface area contributed by atoms with Gasteiger partial charge < -0.3 is 15.0 Å². The highest BCUT2D eigenvalue weighted by Gasteiger charge is 2.07. The maximum atomic E-state index is 5.98. The Bertz CT molecular complexity index is 546. The van der Waals surface area contributed by atoms with E-state index in [1.165, 1.54) is 5.56 Å². The third kappa shape index (κ3) is 3.47. The molecule has 0 spiro atoms. The largest absolute Gasteiger partial charge is 0.381 e. The standard InChI is InChI=1S/C15H23N3O/c1-11(2)10-19-8-4-7-18-14-9-12(3)5-6-13(14)17-15(18)16/h5-6,9,11H,4,7-8,10H2,1-3H3,(H2,16,17). The SMILES string of the molecule is Cc1ccc2nc(N)n(CCCOCC(C)C)c2c1. The summed E-state index contributed by atoms with van der Waals surface area (Å²) in [6.07, 6.45) is 0.955. The molecule has 0 unspecified atom stereocenters. The summed E-state index contributed by atoms with van der Waals surface area (Å²) in [6.45, 7) is 8.83. The second-order valence-electron chi connectivity index (χ2n) is 5.44. The third-order valence-corrected chi connectivity index (χ3v) is 3.05. The van der Waals surface area contributed by atoms with Crippen molar-refractivity contribution in [2.75, 3.05) is 18.9 Å². The number of aryl methyl sites for hydroxylation is 2. The number of nitrogens with two attached hydrogens (primary N) is 1. The molecular formula is C15H23N3O. The lowest BCUT2D eigenvalue weighted by Gasteiger charge is -2.09. The van der Waals surface area contributed by atoms with Crippen molar-refractivity contribution in [3.05, 3.63) is 23.8 Å². The summed E-state index contributed by atoms with van der Waals surface area (Å²) in [4.78, 5) is 4.38. The van der Waals surface area contributed by atoms with Gasteiger partial charge in [0.05, 0.1) is 11.0 Å². The molecule has 19 heavy (non-hydrogen) atoms. The molecule has 4 nitrogen and oxygen atoms in total. The van der Waals surface area contributed by atoms with Gasteiger partial charge in [0.2, 0.25) is 5.95 Å².